The largest absolute Gasteiger partial charge is 0.382 e. The van der Waals surface area contributed by atoms with Crippen molar-refractivity contribution < 1.29 is 9.53 Å². The number of ether oxygens (including phenoxy) is 1. The smallest absolute Gasteiger partial charge is 0.251 e. The van der Waals surface area contributed by atoms with Gasteiger partial charge in [0.25, 0.3) is 5.91 Å². The number of hydrogen-bond donors (Lipinski definition) is 3. The van der Waals surface area contributed by atoms with Crippen molar-refractivity contribution in [2.75, 3.05) is 26.3 Å². The van der Waals surface area contributed by atoms with E-state index in [1.54, 1.807) is 0 Å². The summed E-state index contributed by atoms with van der Waals surface area (Å²) < 4.78 is 5.34. The molecular formula is C20H34N4O2. The molecule has 0 spiro atoms. The Hall–Kier alpha value is -2.08. The van der Waals surface area contributed by atoms with Gasteiger partial charge in [0.2, 0.25) is 0 Å². The number of rotatable bonds is 11. The van der Waals surface area contributed by atoms with E-state index in [0.717, 1.165) is 50.7 Å². The van der Waals surface area contributed by atoms with E-state index in [-0.39, 0.29) is 11.9 Å². The van der Waals surface area contributed by atoms with Gasteiger partial charge in [-0.2, -0.15) is 0 Å². The van der Waals surface area contributed by atoms with Crippen molar-refractivity contribution >= 4 is 11.9 Å². The molecule has 0 aliphatic heterocycles. The topological polar surface area (TPSA) is 74.8 Å². The minimum atomic E-state index is -0.0360. The van der Waals surface area contributed by atoms with Gasteiger partial charge in [-0.3, -0.25) is 4.79 Å². The molecule has 3 N–H and O–H groups in total. The van der Waals surface area contributed by atoms with Crippen LogP contribution in [0.2, 0.25) is 0 Å². The lowest BCUT2D eigenvalue weighted by atomic mass is 10.1. The Kier molecular flexibility index (Phi) is 11.1. The van der Waals surface area contributed by atoms with E-state index in [1.807, 2.05) is 45.0 Å². The summed E-state index contributed by atoms with van der Waals surface area (Å²) in [6.07, 6.45) is 1.85. The minimum absolute atomic E-state index is 0.0360. The highest BCUT2D eigenvalue weighted by Crippen LogP contribution is 2.07. The number of amides is 1. The molecule has 6 nitrogen and oxygen atoms in total. The molecule has 0 aliphatic carbocycles. The van der Waals surface area contributed by atoms with E-state index in [1.165, 1.54) is 0 Å². The summed E-state index contributed by atoms with van der Waals surface area (Å²) in [6.45, 7) is 11.7. The van der Waals surface area contributed by atoms with Crippen LogP contribution in [-0.4, -0.2) is 44.2 Å². The highest BCUT2D eigenvalue weighted by Gasteiger charge is 2.08. The van der Waals surface area contributed by atoms with Gasteiger partial charge >= 0.3 is 0 Å². The normalized spacial score (nSPS) is 12.5. The zero-order valence-electron chi connectivity index (χ0n) is 16.6. The standard InChI is InChI=1S/C20H34N4O2/c1-5-16(4)24-19(25)18-11-8-10-17(14-18)15-23-20(21-6-2)22-12-9-13-26-7-3/h8,10-11,14,16H,5-7,9,12-13,15H2,1-4H3,(H,24,25)(H2,21,22,23). The molecule has 1 unspecified atom stereocenters. The molecule has 0 saturated carbocycles. The number of carbonyl (C=O) groups is 1. The van der Waals surface area contributed by atoms with E-state index in [4.69, 9.17) is 4.74 Å². The van der Waals surface area contributed by atoms with Gasteiger partial charge in [0.15, 0.2) is 5.96 Å². The Morgan fingerprint density at radius 1 is 1.23 bits per heavy atom. The van der Waals surface area contributed by atoms with Crippen LogP contribution in [0.4, 0.5) is 0 Å². The van der Waals surface area contributed by atoms with Gasteiger partial charge in [-0.25, -0.2) is 4.99 Å². The number of nitrogens with zero attached hydrogens (tertiary/aromatic N) is 1. The zero-order chi connectivity index (χ0) is 19.2. The van der Waals surface area contributed by atoms with Crippen LogP contribution in [0.25, 0.3) is 0 Å². The van der Waals surface area contributed by atoms with Crippen LogP contribution in [0.1, 0.15) is 56.5 Å². The Morgan fingerprint density at radius 2 is 2.04 bits per heavy atom. The van der Waals surface area contributed by atoms with Crippen LogP contribution in [0.5, 0.6) is 0 Å². The second-order valence-electron chi connectivity index (χ2n) is 6.16. The van der Waals surface area contributed by atoms with Gasteiger partial charge in [0.05, 0.1) is 6.54 Å². The molecule has 0 heterocycles. The first-order chi connectivity index (χ1) is 12.6. The third kappa shape index (κ3) is 8.85. The second kappa shape index (κ2) is 13.2. The van der Waals surface area contributed by atoms with E-state index < -0.39 is 0 Å². The van der Waals surface area contributed by atoms with Gasteiger partial charge < -0.3 is 20.7 Å². The van der Waals surface area contributed by atoms with Crippen LogP contribution < -0.4 is 16.0 Å². The van der Waals surface area contributed by atoms with Crippen LogP contribution in [0, 0.1) is 0 Å². The number of nitrogens with one attached hydrogen (secondary N) is 3. The molecular weight excluding hydrogens is 328 g/mol. The third-order valence-electron chi connectivity index (χ3n) is 3.91. The summed E-state index contributed by atoms with van der Waals surface area (Å²) in [4.78, 5) is 16.9. The Balaban J connectivity index is 2.62. The zero-order valence-corrected chi connectivity index (χ0v) is 16.6. The Labute approximate surface area is 157 Å². The highest BCUT2D eigenvalue weighted by molar-refractivity contribution is 5.94. The predicted octanol–water partition coefficient (Wildman–Crippen LogP) is 2.70. The quantitative estimate of drug-likeness (QED) is 0.321. The number of aliphatic imine (C=N–C) groups is 1. The molecule has 0 aromatic heterocycles. The third-order valence-corrected chi connectivity index (χ3v) is 3.91. The first-order valence-corrected chi connectivity index (χ1v) is 9.60. The summed E-state index contributed by atoms with van der Waals surface area (Å²) in [6, 6.07) is 7.80. The van der Waals surface area contributed by atoms with Gasteiger partial charge in [-0.15, -0.1) is 0 Å². The van der Waals surface area contributed by atoms with Crippen molar-refractivity contribution in [1.82, 2.24) is 16.0 Å². The fourth-order valence-electron chi connectivity index (χ4n) is 2.26. The number of hydrogen-bond acceptors (Lipinski definition) is 3. The summed E-state index contributed by atoms with van der Waals surface area (Å²) >= 11 is 0. The lowest BCUT2D eigenvalue weighted by Crippen LogP contribution is -2.38. The predicted molar refractivity (Wildman–Crippen MR) is 108 cm³/mol. The van der Waals surface area contributed by atoms with Crippen molar-refractivity contribution in [1.29, 1.82) is 0 Å². The van der Waals surface area contributed by atoms with Gasteiger partial charge in [0.1, 0.15) is 0 Å². The molecule has 0 fully saturated rings. The summed E-state index contributed by atoms with van der Waals surface area (Å²) in [5, 5.41) is 9.53. The Bertz CT molecular complexity index is 560. The van der Waals surface area contributed by atoms with Crippen molar-refractivity contribution in [3.63, 3.8) is 0 Å². The molecule has 0 radical (unpaired) electrons. The Morgan fingerprint density at radius 3 is 2.73 bits per heavy atom. The van der Waals surface area contributed by atoms with E-state index in [2.05, 4.69) is 27.9 Å². The average molecular weight is 363 g/mol. The SMILES string of the molecule is CCNC(=NCc1cccc(C(=O)NC(C)CC)c1)NCCCOCC. The molecule has 1 aromatic carbocycles. The maximum atomic E-state index is 12.3. The maximum absolute atomic E-state index is 12.3. The summed E-state index contributed by atoms with van der Waals surface area (Å²) in [7, 11) is 0. The monoisotopic (exact) mass is 362 g/mol. The summed E-state index contributed by atoms with van der Waals surface area (Å²) in [5.41, 5.74) is 1.68. The molecule has 1 atom stereocenters. The van der Waals surface area contributed by atoms with E-state index in [9.17, 15) is 4.79 Å². The molecule has 0 bridgehead atoms. The molecule has 0 saturated heterocycles. The fraction of sp³-hybridized carbons (Fsp3) is 0.600. The maximum Gasteiger partial charge on any atom is 0.251 e. The van der Waals surface area contributed by atoms with Crippen LogP contribution in [-0.2, 0) is 11.3 Å². The number of guanidine groups is 1. The lowest BCUT2D eigenvalue weighted by molar-refractivity contribution is 0.0939. The first kappa shape index (κ1) is 22.0. The van der Waals surface area contributed by atoms with Crippen LogP contribution in [0.15, 0.2) is 29.3 Å². The fourth-order valence-corrected chi connectivity index (χ4v) is 2.26. The lowest BCUT2D eigenvalue weighted by Gasteiger charge is -2.12. The molecule has 146 valence electrons. The molecule has 1 amide bonds. The highest BCUT2D eigenvalue weighted by atomic mass is 16.5. The van der Waals surface area contributed by atoms with Crippen molar-refractivity contribution in [3.05, 3.63) is 35.4 Å². The number of carbonyl (C=O) groups excluding carboxylic acids is 1. The number of benzene rings is 1. The van der Waals surface area contributed by atoms with Crippen molar-refractivity contribution in [2.24, 2.45) is 4.99 Å². The van der Waals surface area contributed by atoms with Crippen LogP contribution in [0.3, 0.4) is 0 Å². The molecule has 0 aliphatic rings. The van der Waals surface area contributed by atoms with Gasteiger partial charge in [-0.1, -0.05) is 19.1 Å². The molecule has 6 heteroatoms. The van der Waals surface area contributed by atoms with Crippen LogP contribution >= 0.6 is 0 Å². The summed E-state index contributed by atoms with van der Waals surface area (Å²) in [5.74, 6) is 0.740. The van der Waals surface area contributed by atoms with Crippen molar-refractivity contribution in [3.8, 4) is 0 Å². The van der Waals surface area contributed by atoms with Gasteiger partial charge in [0, 0.05) is 37.9 Å². The molecule has 1 aromatic rings. The van der Waals surface area contributed by atoms with E-state index >= 15 is 0 Å². The molecule has 1 rings (SSSR count). The van der Waals surface area contributed by atoms with Crippen molar-refractivity contribution in [2.45, 2.75) is 53.1 Å². The minimum Gasteiger partial charge on any atom is -0.382 e. The van der Waals surface area contributed by atoms with E-state index in [0.29, 0.717) is 12.1 Å². The molecule has 26 heavy (non-hydrogen) atoms. The first-order valence-electron chi connectivity index (χ1n) is 9.60. The van der Waals surface area contributed by atoms with Gasteiger partial charge in [-0.05, 0) is 51.3 Å². The average Bonchev–Trinajstić information content (AvgIpc) is 2.65. The second-order valence-corrected chi connectivity index (χ2v) is 6.16.